The average Bonchev–Trinajstić information content (AvgIpc) is 2.39. The molecule has 0 bridgehead atoms. The normalized spacial score (nSPS) is 10.2. The molecular weight excluding hydrogens is 248 g/mol. The van der Waals surface area contributed by atoms with Crippen LogP contribution in [0.1, 0.15) is 11.4 Å². The highest BCUT2D eigenvalue weighted by atomic mass is 16.6. The number of nitro groups is 1. The van der Waals surface area contributed by atoms with Gasteiger partial charge in [0.1, 0.15) is 17.8 Å². The van der Waals surface area contributed by atoms with Crippen molar-refractivity contribution in [2.75, 3.05) is 12.8 Å². The molecule has 0 unspecified atom stereocenters. The van der Waals surface area contributed by atoms with Crippen LogP contribution in [-0.2, 0) is 6.42 Å². The molecule has 0 fully saturated rings. The maximum atomic E-state index is 10.6. The van der Waals surface area contributed by atoms with Crippen molar-refractivity contribution in [1.29, 1.82) is 0 Å². The summed E-state index contributed by atoms with van der Waals surface area (Å²) >= 11 is 0. The van der Waals surface area contributed by atoms with E-state index >= 15 is 0 Å². The quantitative estimate of drug-likeness (QED) is 0.660. The Kier molecular flexibility index (Phi) is 3.56. The summed E-state index contributed by atoms with van der Waals surface area (Å²) < 4.78 is 5.05. The minimum absolute atomic E-state index is 0.122. The van der Waals surface area contributed by atoms with Gasteiger partial charge in [0.25, 0.3) is 0 Å². The van der Waals surface area contributed by atoms with Crippen LogP contribution in [0, 0.1) is 10.1 Å². The molecule has 1 aromatic heterocycles. The van der Waals surface area contributed by atoms with E-state index in [1.54, 1.807) is 7.11 Å². The van der Waals surface area contributed by atoms with Crippen molar-refractivity contribution in [2.24, 2.45) is 0 Å². The number of rotatable bonds is 4. The monoisotopic (exact) mass is 260 g/mol. The average molecular weight is 260 g/mol. The molecule has 19 heavy (non-hydrogen) atoms. The summed E-state index contributed by atoms with van der Waals surface area (Å²) in [6.45, 7) is 0. The molecule has 1 aromatic carbocycles. The van der Waals surface area contributed by atoms with E-state index in [0.717, 1.165) is 17.5 Å². The Hall–Kier alpha value is -2.70. The largest absolute Gasteiger partial charge is 0.497 e. The van der Waals surface area contributed by atoms with E-state index in [2.05, 4.69) is 9.97 Å². The lowest BCUT2D eigenvalue weighted by molar-refractivity contribution is -0.384. The highest BCUT2D eigenvalue weighted by molar-refractivity contribution is 5.50. The van der Waals surface area contributed by atoms with E-state index in [1.807, 2.05) is 24.3 Å². The first-order valence-electron chi connectivity index (χ1n) is 5.49. The van der Waals surface area contributed by atoms with Crippen molar-refractivity contribution in [3.8, 4) is 5.75 Å². The van der Waals surface area contributed by atoms with Gasteiger partial charge >= 0.3 is 5.69 Å². The molecule has 2 rings (SSSR count). The maximum absolute atomic E-state index is 10.6. The Labute approximate surface area is 109 Å². The minimum atomic E-state index is -0.605. The first-order valence-corrected chi connectivity index (χ1v) is 5.49. The number of anilines is 1. The third kappa shape index (κ3) is 2.95. The predicted molar refractivity (Wildman–Crippen MR) is 68.9 cm³/mol. The number of methoxy groups -OCH3 is 1. The van der Waals surface area contributed by atoms with Crippen LogP contribution >= 0.6 is 0 Å². The smallest absolute Gasteiger partial charge is 0.329 e. The molecule has 0 aliphatic heterocycles. The Bertz CT molecular complexity index is 598. The molecule has 0 atom stereocenters. The van der Waals surface area contributed by atoms with Crippen LogP contribution in [0.15, 0.2) is 30.5 Å². The van der Waals surface area contributed by atoms with E-state index in [4.69, 9.17) is 10.5 Å². The Morgan fingerprint density at radius 1 is 1.37 bits per heavy atom. The van der Waals surface area contributed by atoms with Crippen molar-refractivity contribution in [2.45, 2.75) is 6.42 Å². The van der Waals surface area contributed by atoms with Gasteiger partial charge in [-0.25, -0.2) is 9.97 Å². The zero-order valence-corrected chi connectivity index (χ0v) is 10.2. The molecule has 0 aliphatic carbocycles. The first-order chi connectivity index (χ1) is 9.10. The number of nitrogens with zero attached hydrogens (tertiary/aromatic N) is 3. The van der Waals surface area contributed by atoms with E-state index in [-0.39, 0.29) is 11.5 Å². The lowest BCUT2D eigenvalue weighted by Crippen LogP contribution is -2.04. The molecule has 0 amide bonds. The molecule has 0 radical (unpaired) electrons. The van der Waals surface area contributed by atoms with Gasteiger partial charge in [-0.05, 0) is 17.7 Å². The molecule has 1 heterocycles. The van der Waals surface area contributed by atoms with E-state index in [9.17, 15) is 10.1 Å². The third-order valence-corrected chi connectivity index (χ3v) is 2.57. The second kappa shape index (κ2) is 5.30. The fourth-order valence-corrected chi connectivity index (χ4v) is 1.58. The van der Waals surface area contributed by atoms with Gasteiger partial charge < -0.3 is 10.5 Å². The lowest BCUT2D eigenvalue weighted by Gasteiger charge is -2.03. The van der Waals surface area contributed by atoms with Crippen molar-refractivity contribution in [3.05, 3.63) is 52.0 Å². The van der Waals surface area contributed by atoms with Crippen molar-refractivity contribution >= 4 is 11.5 Å². The molecule has 2 N–H and O–H groups in total. The van der Waals surface area contributed by atoms with Crippen LogP contribution in [0.3, 0.4) is 0 Å². The summed E-state index contributed by atoms with van der Waals surface area (Å²) in [6.07, 6.45) is 1.58. The molecule has 0 saturated carbocycles. The van der Waals surface area contributed by atoms with Crippen molar-refractivity contribution < 1.29 is 9.66 Å². The van der Waals surface area contributed by atoms with Crippen LogP contribution in [0.2, 0.25) is 0 Å². The van der Waals surface area contributed by atoms with Gasteiger partial charge in [-0.1, -0.05) is 12.1 Å². The van der Waals surface area contributed by atoms with Crippen LogP contribution in [-0.4, -0.2) is 22.0 Å². The molecule has 0 aliphatic rings. The lowest BCUT2D eigenvalue weighted by atomic mass is 10.1. The number of hydrogen-bond donors (Lipinski definition) is 1. The van der Waals surface area contributed by atoms with Gasteiger partial charge in [-0.2, -0.15) is 0 Å². The summed E-state index contributed by atoms with van der Waals surface area (Å²) in [5, 5.41) is 10.6. The van der Waals surface area contributed by atoms with E-state index in [0.29, 0.717) is 12.2 Å². The zero-order chi connectivity index (χ0) is 13.8. The highest BCUT2D eigenvalue weighted by Gasteiger charge is 2.14. The fourth-order valence-electron chi connectivity index (χ4n) is 1.58. The number of nitrogen functional groups attached to an aromatic ring is 1. The van der Waals surface area contributed by atoms with Crippen molar-refractivity contribution in [3.63, 3.8) is 0 Å². The van der Waals surface area contributed by atoms with Crippen LogP contribution in [0.4, 0.5) is 11.5 Å². The molecule has 98 valence electrons. The minimum Gasteiger partial charge on any atom is -0.497 e. The number of nitrogens with two attached hydrogens (primary N) is 1. The third-order valence-electron chi connectivity index (χ3n) is 2.57. The standard InChI is InChI=1S/C12H12N4O3/c1-19-9-4-2-8(3-5-9)6-11-14-7-10(16(17)18)12(13)15-11/h2-5,7H,6H2,1H3,(H2,13,14,15). The Morgan fingerprint density at radius 2 is 2.05 bits per heavy atom. The van der Waals surface area contributed by atoms with Gasteiger partial charge in [-0.3, -0.25) is 10.1 Å². The Morgan fingerprint density at radius 3 is 2.58 bits per heavy atom. The topological polar surface area (TPSA) is 104 Å². The van der Waals surface area contributed by atoms with Gasteiger partial charge in [0.2, 0.25) is 5.82 Å². The number of benzene rings is 1. The van der Waals surface area contributed by atoms with Crippen LogP contribution < -0.4 is 10.5 Å². The zero-order valence-electron chi connectivity index (χ0n) is 10.2. The second-order valence-corrected chi connectivity index (χ2v) is 3.84. The number of aromatic nitrogens is 2. The van der Waals surface area contributed by atoms with E-state index in [1.165, 1.54) is 0 Å². The molecule has 7 heteroatoms. The molecule has 0 saturated heterocycles. The van der Waals surface area contributed by atoms with Gasteiger partial charge in [0.05, 0.1) is 12.0 Å². The predicted octanol–water partition coefficient (Wildman–Crippen LogP) is 1.57. The molecule has 7 nitrogen and oxygen atoms in total. The number of hydrogen-bond acceptors (Lipinski definition) is 6. The summed E-state index contributed by atoms with van der Waals surface area (Å²) in [6, 6.07) is 7.40. The maximum Gasteiger partial charge on any atom is 0.329 e. The summed E-state index contributed by atoms with van der Waals surface area (Å²) in [4.78, 5) is 17.8. The highest BCUT2D eigenvalue weighted by Crippen LogP contribution is 2.18. The van der Waals surface area contributed by atoms with Gasteiger partial charge in [0, 0.05) is 6.42 Å². The summed E-state index contributed by atoms with van der Waals surface area (Å²) in [5.41, 5.74) is 6.20. The fraction of sp³-hybridized carbons (Fsp3) is 0.167. The Balaban J connectivity index is 2.18. The van der Waals surface area contributed by atoms with Crippen molar-refractivity contribution in [1.82, 2.24) is 9.97 Å². The van der Waals surface area contributed by atoms with Crippen LogP contribution in [0.25, 0.3) is 0 Å². The van der Waals surface area contributed by atoms with Gasteiger partial charge in [-0.15, -0.1) is 0 Å². The first kappa shape index (κ1) is 12.7. The molecular formula is C12H12N4O3. The summed E-state index contributed by atoms with van der Waals surface area (Å²) in [5.74, 6) is 1.07. The van der Waals surface area contributed by atoms with E-state index < -0.39 is 4.92 Å². The second-order valence-electron chi connectivity index (χ2n) is 3.84. The van der Waals surface area contributed by atoms with Crippen LogP contribution in [0.5, 0.6) is 5.75 Å². The number of ether oxygens (including phenoxy) is 1. The van der Waals surface area contributed by atoms with Gasteiger partial charge in [0.15, 0.2) is 0 Å². The SMILES string of the molecule is COc1ccc(Cc2ncc([N+](=O)[O-])c(N)n2)cc1. The molecule has 2 aromatic rings. The summed E-state index contributed by atoms with van der Waals surface area (Å²) in [7, 11) is 1.59. The molecule has 0 spiro atoms.